The van der Waals surface area contributed by atoms with Gasteiger partial charge in [-0.3, -0.25) is 4.79 Å². The summed E-state index contributed by atoms with van der Waals surface area (Å²) in [5, 5.41) is 3.89. The summed E-state index contributed by atoms with van der Waals surface area (Å²) in [5.74, 6) is 0.858. The van der Waals surface area contributed by atoms with Crippen LogP contribution in [0.1, 0.15) is 5.56 Å². The molecule has 0 fully saturated rings. The van der Waals surface area contributed by atoms with Gasteiger partial charge in [0.1, 0.15) is 5.75 Å². The van der Waals surface area contributed by atoms with Crippen LogP contribution in [0, 0.1) is 0 Å². The van der Waals surface area contributed by atoms with Crippen LogP contribution in [0.4, 0.5) is 0 Å². The Morgan fingerprint density at radius 3 is 3.00 bits per heavy atom. The molecule has 0 aliphatic rings. The van der Waals surface area contributed by atoms with Gasteiger partial charge in [-0.15, -0.1) is 0 Å². The minimum absolute atomic E-state index is 0.661. The van der Waals surface area contributed by atoms with Gasteiger partial charge in [0.15, 0.2) is 0 Å². The van der Waals surface area contributed by atoms with E-state index in [2.05, 4.69) is 22.1 Å². The number of fused-ring (bicyclic) bond motifs is 1. The van der Waals surface area contributed by atoms with E-state index in [0.717, 1.165) is 24.1 Å². The zero-order chi connectivity index (χ0) is 12.3. The Morgan fingerprint density at radius 1 is 1.47 bits per heavy atom. The third-order valence-electron chi connectivity index (χ3n) is 2.90. The maximum absolute atomic E-state index is 10.2. The van der Waals surface area contributed by atoms with Crippen LogP contribution in [-0.2, 0) is 18.3 Å². The zero-order valence-electron chi connectivity index (χ0n) is 10.1. The Kier molecular flexibility index (Phi) is 3.32. The molecule has 0 aliphatic heterocycles. The van der Waals surface area contributed by atoms with Crippen molar-refractivity contribution in [3.63, 3.8) is 0 Å². The number of ether oxygens (including phenoxy) is 1. The van der Waals surface area contributed by atoms with Crippen molar-refractivity contribution in [2.24, 2.45) is 7.05 Å². The van der Waals surface area contributed by atoms with Crippen LogP contribution in [0.3, 0.4) is 0 Å². The minimum Gasteiger partial charge on any atom is -0.497 e. The first-order valence-electron chi connectivity index (χ1n) is 5.55. The van der Waals surface area contributed by atoms with E-state index in [1.54, 1.807) is 7.11 Å². The number of methoxy groups -OCH3 is 1. The lowest BCUT2D eigenvalue weighted by molar-refractivity contribution is -0.109. The lowest BCUT2D eigenvalue weighted by Crippen LogP contribution is -2.14. The molecule has 90 valence electrons. The van der Waals surface area contributed by atoms with Crippen molar-refractivity contribution < 1.29 is 9.53 Å². The van der Waals surface area contributed by atoms with E-state index < -0.39 is 0 Å². The Balaban J connectivity index is 2.34. The molecule has 0 unspecified atom stereocenters. The van der Waals surface area contributed by atoms with Crippen molar-refractivity contribution in [1.82, 2.24) is 9.88 Å². The third kappa shape index (κ3) is 2.25. The number of hydrogen-bond acceptors (Lipinski definition) is 2. The second-order valence-corrected chi connectivity index (χ2v) is 3.97. The van der Waals surface area contributed by atoms with E-state index in [1.165, 1.54) is 10.9 Å². The van der Waals surface area contributed by atoms with Gasteiger partial charge >= 0.3 is 0 Å². The summed E-state index contributed by atoms with van der Waals surface area (Å²) < 4.78 is 7.29. The molecular weight excluding hydrogens is 216 g/mol. The number of benzene rings is 1. The molecule has 0 aliphatic carbocycles. The summed E-state index contributed by atoms with van der Waals surface area (Å²) in [6.45, 7) is 0.661. The number of rotatable bonds is 5. The first-order chi connectivity index (χ1) is 8.26. The molecule has 0 atom stereocenters. The van der Waals surface area contributed by atoms with Crippen LogP contribution in [0.5, 0.6) is 5.75 Å². The Hall–Kier alpha value is -1.97. The van der Waals surface area contributed by atoms with Crippen LogP contribution >= 0.6 is 0 Å². The number of nitrogens with zero attached hydrogens (tertiary/aromatic N) is 1. The minimum atomic E-state index is 0.661. The molecule has 0 spiro atoms. The number of nitrogens with one attached hydrogen (secondary N) is 1. The highest BCUT2D eigenvalue weighted by Gasteiger charge is 2.07. The van der Waals surface area contributed by atoms with Gasteiger partial charge in [-0.1, -0.05) is 0 Å². The maximum Gasteiger partial charge on any atom is 0.207 e. The molecule has 0 saturated carbocycles. The molecule has 17 heavy (non-hydrogen) atoms. The Bertz CT molecular complexity index is 531. The number of aryl methyl sites for hydroxylation is 1. The Morgan fingerprint density at radius 2 is 2.29 bits per heavy atom. The molecule has 1 N–H and O–H groups in total. The molecular formula is C13H16N2O2. The van der Waals surface area contributed by atoms with E-state index in [1.807, 2.05) is 19.2 Å². The summed E-state index contributed by atoms with van der Waals surface area (Å²) >= 11 is 0. The van der Waals surface area contributed by atoms with E-state index in [9.17, 15) is 4.79 Å². The van der Waals surface area contributed by atoms with Gasteiger partial charge in [0, 0.05) is 31.2 Å². The SMILES string of the molecule is COc1ccc2c(CCNC=O)cn(C)c2c1. The van der Waals surface area contributed by atoms with Crippen molar-refractivity contribution in [3.05, 3.63) is 30.0 Å². The highest BCUT2D eigenvalue weighted by atomic mass is 16.5. The van der Waals surface area contributed by atoms with Crippen molar-refractivity contribution >= 4 is 17.3 Å². The number of carbonyl (C=O) groups excluding carboxylic acids is 1. The van der Waals surface area contributed by atoms with Gasteiger partial charge < -0.3 is 14.6 Å². The Labute approximate surface area is 100 Å². The highest BCUT2D eigenvalue weighted by molar-refractivity contribution is 5.85. The average Bonchev–Trinajstić information content (AvgIpc) is 2.66. The molecule has 1 amide bonds. The van der Waals surface area contributed by atoms with E-state index >= 15 is 0 Å². The smallest absolute Gasteiger partial charge is 0.207 e. The predicted molar refractivity (Wildman–Crippen MR) is 67.2 cm³/mol. The summed E-state index contributed by atoms with van der Waals surface area (Å²) in [7, 11) is 3.68. The quantitative estimate of drug-likeness (QED) is 0.626. The number of carbonyl (C=O) groups is 1. The largest absolute Gasteiger partial charge is 0.497 e. The molecule has 1 aromatic heterocycles. The molecule has 0 saturated heterocycles. The van der Waals surface area contributed by atoms with Gasteiger partial charge in [0.2, 0.25) is 6.41 Å². The normalized spacial score (nSPS) is 10.5. The van der Waals surface area contributed by atoms with E-state index in [-0.39, 0.29) is 0 Å². The lowest BCUT2D eigenvalue weighted by Gasteiger charge is -2.02. The fourth-order valence-corrected chi connectivity index (χ4v) is 2.04. The summed E-state index contributed by atoms with van der Waals surface area (Å²) in [6, 6.07) is 6.04. The van der Waals surface area contributed by atoms with Gasteiger partial charge in [0.05, 0.1) is 12.6 Å². The van der Waals surface area contributed by atoms with Gasteiger partial charge in [-0.25, -0.2) is 0 Å². The van der Waals surface area contributed by atoms with Crippen molar-refractivity contribution in [1.29, 1.82) is 0 Å². The molecule has 0 bridgehead atoms. The van der Waals surface area contributed by atoms with Crippen LogP contribution in [0.25, 0.3) is 10.9 Å². The van der Waals surface area contributed by atoms with Crippen LogP contribution < -0.4 is 10.1 Å². The predicted octanol–water partition coefficient (Wildman–Crippen LogP) is 1.48. The van der Waals surface area contributed by atoms with E-state index in [0.29, 0.717) is 6.54 Å². The second kappa shape index (κ2) is 4.91. The van der Waals surface area contributed by atoms with Gasteiger partial charge in [-0.2, -0.15) is 0 Å². The summed E-state index contributed by atoms with van der Waals surface area (Å²) in [4.78, 5) is 10.2. The first-order valence-corrected chi connectivity index (χ1v) is 5.55. The highest BCUT2D eigenvalue weighted by Crippen LogP contribution is 2.25. The van der Waals surface area contributed by atoms with Crippen molar-refractivity contribution in [3.8, 4) is 5.75 Å². The summed E-state index contributed by atoms with van der Waals surface area (Å²) in [6.07, 6.45) is 3.66. The molecule has 4 nitrogen and oxygen atoms in total. The van der Waals surface area contributed by atoms with Gasteiger partial charge in [-0.05, 0) is 24.1 Å². The van der Waals surface area contributed by atoms with Crippen LogP contribution in [0.2, 0.25) is 0 Å². The third-order valence-corrected chi connectivity index (χ3v) is 2.90. The molecule has 0 radical (unpaired) electrons. The summed E-state index contributed by atoms with van der Waals surface area (Å²) in [5.41, 5.74) is 2.38. The molecule has 1 aromatic carbocycles. The standard InChI is InChI=1S/C13H16N2O2/c1-15-8-10(5-6-14-9-16)12-4-3-11(17-2)7-13(12)15/h3-4,7-9H,5-6H2,1-2H3,(H,14,16). The van der Waals surface area contributed by atoms with E-state index in [4.69, 9.17) is 4.74 Å². The van der Waals surface area contributed by atoms with Gasteiger partial charge in [0.25, 0.3) is 0 Å². The maximum atomic E-state index is 10.2. The van der Waals surface area contributed by atoms with Crippen LogP contribution in [0.15, 0.2) is 24.4 Å². The zero-order valence-corrected chi connectivity index (χ0v) is 10.1. The fourth-order valence-electron chi connectivity index (χ4n) is 2.04. The molecule has 4 heteroatoms. The number of hydrogen-bond donors (Lipinski definition) is 1. The van der Waals surface area contributed by atoms with Crippen molar-refractivity contribution in [2.75, 3.05) is 13.7 Å². The topological polar surface area (TPSA) is 43.3 Å². The molecule has 2 aromatic rings. The monoisotopic (exact) mass is 232 g/mol. The average molecular weight is 232 g/mol. The fraction of sp³-hybridized carbons (Fsp3) is 0.308. The lowest BCUT2D eigenvalue weighted by atomic mass is 10.1. The first kappa shape index (κ1) is 11.5. The number of amides is 1. The second-order valence-electron chi connectivity index (χ2n) is 3.97. The molecule has 1 heterocycles. The van der Waals surface area contributed by atoms with Crippen molar-refractivity contribution in [2.45, 2.75) is 6.42 Å². The van der Waals surface area contributed by atoms with Crippen LogP contribution in [-0.4, -0.2) is 24.6 Å². The number of aromatic nitrogens is 1. The molecule has 2 rings (SSSR count).